The molecule has 3 aromatic rings. The number of aromatic hydroxyl groups is 1. The van der Waals surface area contributed by atoms with Crippen molar-refractivity contribution < 1.29 is 14.6 Å². The van der Waals surface area contributed by atoms with Gasteiger partial charge in [-0.05, 0) is 66.8 Å². The summed E-state index contributed by atoms with van der Waals surface area (Å²) in [5, 5.41) is 9.55. The Morgan fingerprint density at radius 3 is 2.50 bits per heavy atom. The largest absolute Gasteiger partial charge is 0.508 e. The number of nitrogens with zero attached hydrogens (tertiary/aromatic N) is 1. The fourth-order valence-corrected chi connectivity index (χ4v) is 3.30. The van der Waals surface area contributed by atoms with Gasteiger partial charge in [0.25, 0.3) is 0 Å². The number of benzene rings is 3. The fraction of sp³-hybridized carbons (Fsp3) is 0.269. The quantitative estimate of drug-likeness (QED) is 0.493. The molecule has 0 unspecified atom stereocenters. The van der Waals surface area contributed by atoms with Crippen LogP contribution in [-0.4, -0.2) is 31.6 Å². The van der Waals surface area contributed by atoms with Crippen LogP contribution in [0.2, 0.25) is 0 Å². The first-order valence-electron chi connectivity index (χ1n) is 10.2. The van der Waals surface area contributed by atoms with E-state index in [1.807, 2.05) is 30.5 Å². The summed E-state index contributed by atoms with van der Waals surface area (Å²) in [6, 6.07) is 19.6. The van der Waals surface area contributed by atoms with E-state index >= 15 is 0 Å². The number of hydrogen-bond donors (Lipinski definition) is 1. The first kappa shape index (κ1) is 21.4. The molecule has 0 aliphatic carbocycles. The van der Waals surface area contributed by atoms with Gasteiger partial charge in [0.2, 0.25) is 0 Å². The van der Waals surface area contributed by atoms with Crippen molar-refractivity contribution in [3.8, 4) is 17.2 Å². The van der Waals surface area contributed by atoms with Crippen molar-refractivity contribution in [2.45, 2.75) is 26.7 Å². The molecule has 3 aromatic carbocycles. The normalized spacial score (nSPS) is 11.0. The number of aliphatic imine (C=N–C) groups is 1. The second-order valence-corrected chi connectivity index (χ2v) is 7.40. The van der Waals surface area contributed by atoms with Crippen LogP contribution in [0.3, 0.4) is 0 Å². The molecule has 1 N–H and O–H groups in total. The lowest BCUT2D eigenvalue weighted by molar-refractivity contribution is 0.297. The van der Waals surface area contributed by atoms with Crippen LogP contribution in [0.25, 0.3) is 0 Å². The molecule has 0 saturated heterocycles. The highest BCUT2D eigenvalue weighted by atomic mass is 16.5. The second-order valence-electron chi connectivity index (χ2n) is 7.40. The number of hydrogen-bond acceptors (Lipinski definition) is 4. The van der Waals surface area contributed by atoms with Gasteiger partial charge in [-0.2, -0.15) is 0 Å². The van der Waals surface area contributed by atoms with E-state index in [0.29, 0.717) is 19.6 Å². The van der Waals surface area contributed by atoms with Crippen LogP contribution in [0, 0.1) is 13.8 Å². The summed E-state index contributed by atoms with van der Waals surface area (Å²) in [6.45, 7) is 5.44. The van der Waals surface area contributed by atoms with Gasteiger partial charge in [-0.25, -0.2) is 0 Å². The monoisotopic (exact) mass is 403 g/mol. The lowest BCUT2D eigenvalue weighted by atomic mass is 10.1. The maximum Gasteiger partial charge on any atom is 0.161 e. The van der Waals surface area contributed by atoms with Crippen molar-refractivity contribution in [2.24, 2.45) is 4.99 Å². The minimum Gasteiger partial charge on any atom is -0.508 e. The highest BCUT2D eigenvalue weighted by Crippen LogP contribution is 2.28. The maximum absolute atomic E-state index is 9.55. The Bertz CT molecular complexity index is 1010. The molecule has 0 spiro atoms. The number of phenolic OH excluding ortho intramolecular Hbond substituents is 1. The fourth-order valence-electron chi connectivity index (χ4n) is 3.30. The lowest BCUT2D eigenvalue weighted by Gasteiger charge is -2.12. The molecule has 0 aliphatic rings. The topological polar surface area (TPSA) is 51.0 Å². The van der Waals surface area contributed by atoms with E-state index in [9.17, 15) is 5.11 Å². The number of ether oxygens (including phenoxy) is 2. The summed E-state index contributed by atoms with van der Waals surface area (Å²) in [5.74, 6) is 1.72. The maximum atomic E-state index is 9.55. The summed E-state index contributed by atoms with van der Waals surface area (Å²) in [5.41, 5.74) is 5.86. The van der Waals surface area contributed by atoms with Crippen molar-refractivity contribution in [1.82, 2.24) is 0 Å². The molecule has 4 nitrogen and oxygen atoms in total. The van der Waals surface area contributed by atoms with Crippen LogP contribution < -0.4 is 9.47 Å². The smallest absolute Gasteiger partial charge is 0.161 e. The Balaban J connectivity index is 1.53. The zero-order chi connectivity index (χ0) is 21.3. The molecule has 0 aliphatic heterocycles. The third kappa shape index (κ3) is 6.11. The zero-order valence-electron chi connectivity index (χ0n) is 17.9. The Hall–Kier alpha value is -3.27. The van der Waals surface area contributed by atoms with Crippen molar-refractivity contribution in [2.75, 3.05) is 20.3 Å². The molecular formula is C26H29NO3. The van der Waals surface area contributed by atoms with Crippen LogP contribution >= 0.6 is 0 Å². The summed E-state index contributed by atoms with van der Waals surface area (Å²) in [7, 11) is 1.65. The average molecular weight is 404 g/mol. The number of aryl methyl sites for hydroxylation is 2. The van der Waals surface area contributed by atoms with Crippen LogP contribution in [-0.2, 0) is 12.8 Å². The number of methoxy groups -OCH3 is 1. The van der Waals surface area contributed by atoms with Crippen LogP contribution in [0.5, 0.6) is 17.2 Å². The van der Waals surface area contributed by atoms with E-state index in [1.54, 1.807) is 19.2 Å². The lowest BCUT2D eigenvalue weighted by Crippen LogP contribution is -2.03. The number of phenols is 1. The zero-order valence-corrected chi connectivity index (χ0v) is 17.9. The van der Waals surface area contributed by atoms with Crippen molar-refractivity contribution in [3.63, 3.8) is 0 Å². The Morgan fingerprint density at radius 1 is 0.900 bits per heavy atom. The molecular weight excluding hydrogens is 374 g/mol. The van der Waals surface area contributed by atoms with Gasteiger partial charge in [-0.15, -0.1) is 0 Å². The summed E-state index contributed by atoms with van der Waals surface area (Å²) in [4.78, 5) is 4.58. The Morgan fingerprint density at radius 2 is 1.73 bits per heavy atom. The van der Waals surface area contributed by atoms with Gasteiger partial charge in [0.1, 0.15) is 5.75 Å². The van der Waals surface area contributed by atoms with E-state index in [2.05, 4.69) is 43.1 Å². The van der Waals surface area contributed by atoms with Gasteiger partial charge in [-0.3, -0.25) is 4.99 Å². The summed E-state index contributed by atoms with van der Waals surface area (Å²) >= 11 is 0. The second kappa shape index (κ2) is 10.5. The molecule has 0 radical (unpaired) electrons. The van der Waals surface area contributed by atoms with Gasteiger partial charge >= 0.3 is 0 Å². The molecule has 0 saturated carbocycles. The standard InChI is InChI=1S/C26H29NO3/c1-19-7-9-23(20(2)15-19)18-27-13-11-22-8-10-25(26(17-22)29-3)30-14-12-21-5-4-6-24(28)16-21/h4-10,15-18,28H,11-14H2,1-3H3/b27-18+. The van der Waals surface area contributed by atoms with E-state index in [1.165, 1.54) is 11.1 Å². The predicted molar refractivity (Wildman–Crippen MR) is 122 cm³/mol. The van der Waals surface area contributed by atoms with E-state index in [4.69, 9.17) is 9.47 Å². The minimum atomic E-state index is 0.273. The van der Waals surface area contributed by atoms with Crippen LogP contribution in [0.1, 0.15) is 27.8 Å². The average Bonchev–Trinajstić information content (AvgIpc) is 2.73. The van der Waals surface area contributed by atoms with Crippen LogP contribution in [0.4, 0.5) is 0 Å². The van der Waals surface area contributed by atoms with Crippen molar-refractivity contribution in [1.29, 1.82) is 0 Å². The first-order chi connectivity index (χ1) is 14.5. The van der Waals surface area contributed by atoms with Gasteiger partial charge in [0.05, 0.1) is 13.7 Å². The van der Waals surface area contributed by atoms with E-state index in [-0.39, 0.29) is 5.75 Å². The predicted octanol–water partition coefficient (Wildman–Crippen LogP) is 5.30. The molecule has 0 heterocycles. The van der Waals surface area contributed by atoms with Gasteiger partial charge in [-0.1, -0.05) is 42.0 Å². The molecule has 3 rings (SSSR count). The molecule has 0 bridgehead atoms. The molecule has 156 valence electrons. The van der Waals surface area contributed by atoms with E-state index in [0.717, 1.165) is 34.6 Å². The summed E-state index contributed by atoms with van der Waals surface area (Å²) < 4.78 is 11.4. The SMILES string of the molecule is COc1cc(CC/N=C/c2ccc(C)cc2C)ccc1OCCc1cccc(O)c1. The highest BCUT2D eigenvalue weighted by Gasteiger charge is 2.06. The molecule has 4 heteroatoms. The first-order valence-corrected chi connectivity index (χ1v) is 10.2. The van der Waals surface area contributed by atoms with Crippen molar-refractivity contribution in [3.05, 3.63) is 88.5 Å². The Kier molecular flexibility index (Phi) is 7.50. The van der Waals surface area contributed by atoms with Crippen molar-refractivity contribution >= 4 is 6.21 Å². The van der Waals surface area contributed by atoms with E-state index < -0.39 is 0 Å². The molecule has 0 amide bonds. The molecule has 30 heavy (non-hydrogen) atoms. The summed E-state index contributed by atoms with van der Waals surface area (Å²) in [6.07, 6.45) is 3.50. The highest BCUT2D eigenvalue weighted by molar-refractivity contribution is 5.81. The minimum absolute atomic E-state index is 0.273. The van der Waals surface area contributed by atoms with Crippen LogP contribution in [0.15, 0.2) is 65.7 Å². The molecule has 0 fully saturated rings. The van der Waals surface area contributed by atoms with Gasteiger partial charge in [0.15, 0.2) is 11.5 Å². The molecule has 0 aromatic heterocycles. The molecule has 0 atom stereocenters. The third-order valence-electron chi connectivity index (χ3n) is 4.97. The Labute approximate surface area is 178 Å². The third-order valence-corrected chi connectivity index (χ3v) is 4.97. The van der Waals surface area contributed by atoms with Gasteiger partial charge in [0, 0.05) is 19.2 Å². The number of rotatable bonds is 9. The van der Waals surface area contributed by atoms with Gasteiger partial charge < -0.3 is 14.6 Å².